The van der Waals surface area contributed by atoms with E-state index in [0.29, 0.717) is 25.2 Å². The Bertz CT molecular complexity index is 404. The van der Waals surface area contributed by atoms with Gasteiger partial charge in [-0.2, -0.15) is 0 Å². The van der Waals surface area contributed by atoms with Crippen molar-refractivity contribution in [2.45, 2.75) is 31.7 Å². The molecule has 0 aliphatic heterocycles. The second kappa shape index (κ2) is 6.26. The fourth-order valence-corrected chi connectivity index (χ4v) is 2.84. The Morgan fingerprint density at radius 1 is 1.61 bits per heavy atom. The zero-order valence-electron chi connectivity index (χ0n) is 10.3. The standard InChI is InChI=1S/C12H19N3O2S/c13-5-4-11-14-10(8-18-11)12(17)15(6-7-16)9-2-1-3-9/h8-9,16H,1-7,13H2. The molecule has 3 N–H and O–H groups in total. The van der Waals surface area contributed by atoms with Gasteiger partial charge in [0.1, 0.15) is 5.69 Å². The number of nitrogens with zero attached hydrogens (tertiary/aromatic N) is 2. The lowest BCUT2D eigenvalue weighted by molar-refractivity contribution is 0.0520. The molecule has 1 saturated carbocycles. The maximum atomic E-state index is 12.3. The third-order valence-electron chi connectivity index (χ3n) is 3.25. The van der Waals surface area contributed by atoms with Crippen LogP contribution in [-0.2, 0) is 6.42 Å². The van der Waals surface area contributed by atoms with Gasteiger partial charge in [0.05, 0.1) is 11.6 Å². The van der Waals surface area contributed by atoms with Gasteiger partial charge in [-0.3, -0.25) is 4.79 Å². The van der Waals surface area contributed by atoms with Crippen LogP contribution in [0.15, 0.2) is 5.38 Å². The average molecular weight is 269 g/mol. The van der Waals surface area contributed by atoms with Crippen molar-refractivity contribution in [2.75, 3.05) is 19.7 Å². The SMILES string of the molecule is NCCc1nc(C(=O)N(CCO)C2CCC2)cs1. The van der Waals surface area contributed by atoms with E-state index in [4.69, 9.17) is 10.8 Å². The Balaban J connectivity index is 2.06. The van der Waals surface area contributed by atoms with Gasteiger partial charge in [-0.1, -0.05) is 0 Å². The Morgan fingerprint density at radius 2 is 2.39 bits per heavy atom. The van der Waals surface area contributed by atoms with Gasteiger partial charge in [-0.25, -0.2) is 4.98 Å². The van der Waals surface area contributed by atoms with Gasteiger partial charge in [-0.15, -0.1) is 11.3 Å². The maximum absolute atomic E-state index is 12.3. The summed E-state index contributed by atoms with van der Waals surface area (Å²) in [4.78, 5) is 18.4. The minimum absolute atomic E-state index is 0.00202. The molecule has 1 aromatic rings. The minimum Gasteiger partial charge on any atom is -0.395 e. The lowest BCUT2D eigenvalue weighted by Crippen LogP contribution is -2.45. The van der Waals surface area contributed by atoms with Crippen molar-refractivity contribution in [3.05, 3.63) is 16.1 Å². The highest BCUT2D eigenvalue weighted by Crippen LogP contribution is 2.26. The molecule has 0 aromatic carbocycles. The van der Waals surface area contributed by atoms with Crippen LogP contribution in [0.3, 0.4) is 0 Å². The highest BCUT2D eigenvalue weighted by atomic mass is 32.1. The van der Waals surface area contributed by atoms with Crippen molar-refractivity contribution < 1.29 is 9.90 Å². The molecule has 1 amide bonds. The van der Waals surface area contributed by atoms with Crippen LogP contribution in [0.2, 0.25) is 0 Å². The molecule has 1 heterocycles. The Kier molecular flexibility index (Phi) is 4.68. The van der Waals surface area contributed by atoms with Crippen molar-refractivity contribution in [3.63, 3.8) is 0 Å². The molecule has 0 spiro atoms. The molecule has 18 heavy (non-hydrogen) atoms. The van der Waals surface area contributed by atoms with Crippen molar-refractivity contribution in [2.24, 2.45) is 5.73 Å². The molecule has 6 heteroatoms. The van der Waals surface area contributed by atoms with Crippen LogP contribution in [0, 0.1) is 0 Å². The van der Waals surface area contributed by atoms with Crippen LogP contribution in [0.1, 0.15) is 34.8 Å². The second-order valence-corrected chi connectivity index (χ2v) is 5.41. The molecule has 0 unspecified atom stereocenters. The molecule has 1 fully saturated rings. The monoisotopic (exact) mass is 269 g/mol. The third-order valence-corrected chi connectivity index (χ3v) is 4.15. The Hall–Kier alpha value is -0.980. The summed E-state index contributed by atoms with van der Waals surface area (Å²) in [5.74, 6) is -0.0618. The number of carbonyl (C=O) groups excluding carboxylic acids is 1. The zero-order valence-corrected chi connectivity index (χ0v) is 11.2. The second-order valence-electron chi connectivity index (χ2n) is 4.47. The molecule has 1 aliphatic carbocycles. The molecule has 100 valence electrons. The number of hydrogen-bond donors (Lipinski definition) is 2. The van der Waals surface area contributed by atoms with Gasteiger partial charge in [0, 0.05) is 24.4 Å². The summed E-state index contributed by atoms with van der Waals surface area (Å²) < 4.78 is 0. The first kappa shape index (κ1) is 13.5. The molecule has 1 aliphatic rings. The van der Waals surface area contributed by atoms with Gasteiger partial charge < -0.3 is 15.7 Å². The summed E-state index contributed by atoms with van der Waals surface area (Å²) in [6.45, 7) is 0.944. The molecule has 1 aromatic heterocycles. The quantitative estimate of drug-likeness (QED) is 0.794. The summed E-state index contributed by atoms with van der Waals surface area (Å²) in [5.41, 5.74) is 5.96. The van der Waals surface area contributed by atoms with Crippen LogP contribution < -0.4 is 5.73 Å². The fourth-order valence-electron chi connectivity index (χ4n) is 2.05. The van der Waals surface area contributed by atoms with E-state index in [1.54, 1.807) is 10.3 Å². The van der Waals surface area contributed by atoms with Crippen LogP contribution >= 0.6 is 11.3 Å². The highest BCUT2D eigenvalue weighted by molar-refractivity contribution is 7.09. The lowest BCUT2D eigenvalue weighted by Gasteiger charge is -2.36. The fraction of sp³-hybridized carbons (Fsp3) is 0.667. The average Bonchev–Trinajstić information content (AvgIpc) is 2.74. The summed E-state index contributed by atoms with van der Waals surface area (Å²) in [6, 6.07) is 0.282. The normalized spacial score (nSPS) is 15.4. The van der Waals surface area contributed by atoms with Crippen molar-refractivity contribution in [3.8, 4) is 0 Å². The number of aromatic nitrogens is 1. The molecular weight excluding hydrogens is 250 g/mol. The van der Waals surface area contributed by atoms with E-state index in [2.05, 4.69) is 4.98 Å². The lowest BCUT2D eigenvalue weighted by atomic mass is 9.91. The highest BCUT2D eigenvalue weighted by Gasteiger charge is 2.29. The largest absolute Gasteiger partial charge is 0.395 e. The maximum Gasteiger partial charge on any atom is 0.273 e. The molecule has 0 saturated heterocycles. The predicted octanol–water partition coefficient (Wildman–Crippen LogP) is 0.631. The van der Waals surface area contributed by atoms with E-state index in [1.807, 2.05) is 0 Å². The Morgan fingerprint density at radius 3 is 2.94 bits per heavy atom. The predicted molar refractivity (Wildman–Crippen MR) is 70.6 cm³/mol. The first-order chi connectivity index (χ1) is 8.76. The molecule has 5 nitrogen and oxygen atoms in total. The van der Waals surface area contributed by atoms with Crippen molar-refractivity contribution in [1.82, 2.24) is 9.88 Å². The molecule has 0 radical (unpaired) electrons. The number of aliphatic hydroxyl groups excluding tert-OH is 1. The van der Waals surface area contributed by atoms with Crippen LogP contribution in [-0.4, -0.2) is 46.6 Å². The Labute approximate surface area is 111 Å². The smallest absolute Gasteiger partial charge is 0.273 e. The molecule has 0 atom stereocenters. The van der Waals surface area contributed by atoms with Gasteiger partial charge in [-0.05, 0) is 25.8 Å². The van der Waals surface area contributed by atoms with Crippen LogP contribution in [0.25, 0.3) is 0 Å². The topological polar surface area (TPSA) is 79.5 Å². The summed E-state index contributed by atoms with van der Waals surface area (Å²) >= 11 is 1.47. The van der Waals surface area contributed by atoms with E-state index in [1.165, 1.54) is 11.3 Å². The molecule has 2 rings (SSSR count). The van der Waals surface area contributed by atoms with E-state index in [-0.39, 0.29) is 18.6 Å². The number of hydrogen-bond acceptors (Lipinski definition) is 5. The number of amides is 1. The number of aliphatic hydroxyl groups is 1. The molecule has 0 bridgehead atoms. The first-order valence-corrected chi connectivity index (χ1v) is 7.20. The third kappa shape index (κ3) is 2.88. The minimum atomic E-state index is -0.0618. The van der Waals surface area contributed by atoms with Crippen LogP contribution in [0.4, 0.5) is 0 Å². The van der Waals surface area contributed by atoms with Crippen molar-refractivity contribution in [1.29, 1.82) is 0 Å². The summed E-state index contributed by atoms with van der Waals surface area (Å²) in [5, 5.41) is 11.8. The van der Waals surface area contributed by atoms with E-state index < -0.39 is 0 Å². The van der Waals surface area contributed by atoms with Gasteiger partial charge in [0.15, 0.2) is 0 Å². The first-order valence-electron chi connectivity index (χ1n) is 6.32. The van der Waals surface area contributed by atoms with E-state index in [0.717, 1.165) is 24.3 Å². The van der Waals surface area contributed by atoms with Gasteiger partial charge in [0.2, 0.25) is 0 Å². The van der Waals surface area contributed by atoms with Gasteiger partial charge >= 0.3 is 0 Å². The number of nitrogens with two attached hydrogens (primary N) is 1. The zero-order chi connectivity index (χ0) is 13.0. The summed E-state index contributed by atoms with van der Waals surface area (Å²) in [6.07, 6.45) is 3.94. The van der Waals surface area contributed by atoms with Crippen molar-refractivity contribution >= 4 is 17.2 Å². The number of carbonyl (C=O) groups is 1. The number of thiazole rings is 1. The van der Waals surface area contributed by atoms with E-state index >= 15 is 0 Å². The van der Waals surface area contributed by atoms with Crippen LogP contribution in [0.5, 0.6) is 0 Å². The van der Waals surface area contributed by atoms with E-state index in [9.17, 15) is 4.79 Å². The van der Waals surface area contributed by atoms with Gasteiger partial charge in [0.25, 0.3) is 5.91 Å². The number of rotatable bonds is 6. The molecular formula is C12H19N3O2S. The summed E-state index contributed by atoms with van der Waals surface area (Å²) in [7, 11) is 0.